The van der Waals surface area contributed by atoms with Gasteiger partial charge in [-0.1, -0.05) is 23.7 Å². The Morgan fingerprint density at radius 2 is 2.03 bits per heavy atom. The highest BCUT2D eigenvalue weighted by molar-refractivity contribution is 6.30. The molecular formula is C28H37ClN6O3. The monoisotopic (exact) mass is 540 g/mol. The van der Waals surface area contributed by atoms with Crippen molar-refractivity contribution < 1.29 is 14.3 Å². The van der Waals surface area contributed by atoms with Crippen molar-refractivity contribution in [2.45, 2.75) is 52.1 Å². The number of aromatic nitrogens is 2. The fourth-order valence-electron chi connectivity index (χ4n) is 4.94. The summed E-state index contributed by atoms with van der Waals surface area (Å²) >= 11 is 6.25. The van der Waals surface area contributed by atoms with Crippen LogP contribution < -0.4 is 21.9 Å². The van der Waals surface area contributed by atoms with Gasteiger partial charge in [0, 0.05) is 36.3 Å². The lowest BCUT2D eigenvalue weighted by molar-refractivity contribution is 0.0518. The number of nitrogens with zero attached hydrogens (tertiary/aromatic N) is 3. The molecule has 3 aromatic rings. The van der Waals surface area contributed by atoms with E-state index in [0.717, 1.165) is 34.8 Å². The van der Waals surface area contributed by atoms with Crippen LogP contribution in [0.4, 0.5) is 17.1 Å². The van der Waals surface area contributed by atoms with E-state index in [1.54, 1.807) is 14.0 Å². The van der Waals surface area contributed by atoms with Gasteiger partial charge in [0.05, 0.1) is 36.3 Å². The van der Waals surface area contributed by atoms with Gasteiger partial charge in [0.1, 0.15) is 5.82 Å². The van der Waals surface area contributed by atoms with Crippen LogP contribution in [0, 0.1) is 6.92 Å². The minimum Gasteiger partial charge on any atom is -0.461 e. The SMILES string of the molecule is CCOC(=O)c1nc(C2CCOC2)n(C(C)C)c1C(Nc1cc(C)c(N)c(N(C)N)c1)c1ccc(Cl)cc1. The van der Waals surface area contributed by atoms with E-state index < -0.39 is 12.0 Å². The van der Waals surface area contributed by atoms with E-state index in [1.807, 2.05) is 43.3 Å². The Morgan fingerprint density at radius 1 is 1.32 bits per heavy atom. The lowest BCUT2D eigenvalue weighted by atomic mass is 10.00. The number of hydrazine groups is 1. The predicted molar refractivity (Wildman–Crippen MR) is 152 cm³/mol. The summed E-state index contributed by atoms with van der Waals surface area (Å²) in [4.78, 5) is 18.2. The number of hydrogen-bond acceptors (Lipinski definition) is 8. The molecule has 1 aliphatic heterocycles. The minimum atomic E-state index is -0.461. The molecule has 2 aromatic carbocycles. The lowest BCUT2D eigenvalue weighted by Crippen LogP contribution is -2.27. The molecule has 2 unspecified atom stereocenters. The summed E-state index contributed by atoms with van der Waals surface area (Å²) in [6.45, 7) is 9.38. The van der Waals surface area contributed by atoms with Crippen molar-refractivity contribution in [3.63, 3.8) is 0 Å². The molecule has 1 aliphatic rings. The molecule has 0 radical (unpaired) electrons. The number of imidazole rings is 1. The molecule has 5 N–H and O–H groups in total. The van der Waals surface area contributed by atoms with Gasteiger partial charge in [-0.2, -0.15) is 0 Å². The molecule has 0 aliphatic carbocycles. The first-order valence-electron chi connectivity index (χ1n) is 12.9. The van der Waals surface area contributed by atoms with Crippen molar-refractivity contribution in [1.29, 1.82) is 0 Å². The summed E-state index contributed by atoms with van der Waals surface area (Å²) in [6, 6.07) is 11.0. The standard InChI is InChI=1S/C28H37ClN6O3/c1-6-38-28(36)25-26(35(16(2)3)27(33-25)19-11-12-37-15-19)24(18-7-9-20(29)10-8-18)32-21-13-17(4)23(30)22(14-21)34(5)31/h7-10,13-14,16,19,24,32H,6,11-12,15,30-31H2,1-5H3. The largest absolute Gasteiger partial charge is 0.461 e. The second-order valence-electron chi connectivity index (χ2n) is 9.91. The van der Waals surface area contributed by atoms with Crippen LogP contribution in [0.2, 0.25) is 5.02 Å². The number of carbonyl (C=O) groups excluding carboxylic acids is 1. The first-order valence-corrected chi connectivity index (χ1v) is 13.3. The highest BCUT2D eigenvalue weighted by atomic mass is 35.5. The number of hydrogen-bond donors (Lipinski definition) is 3. The molecule has 1 aromatic heterocycles. The van der Waals surface area contributed by atoms with Gasteiger partial charge in [-0.15, -0.1) is 0 Å². The number of nitrogens with two attached hydrogens (primary N) is 2. The number of benzene rings is 2. The van der Waals surface area contributed by atoms with Crippen LogP contribution in [-0.4, -0.2) is 42.4 Å². The van der Waals surface area contributed by atoms with Crippen molar-refractivity contribution >= 4 is 34.6 Å². The van der Waals surface area contributed by atoms with Crippen LogP contribution in [0.5, 0.6) is 0 Å². The van der Waals surface area contributed by atoms with Gasteiger partial charge in [-0.25, -0.2) is 15.6 Å². The van der Waals surface area contributed by atoms with E-state index in [9.17, 15) is 4.79 Å². The second kappa shape index (κ2) is 11.6. The lowest BCUT2D eigenvalue weighted by Gasteiger charge is -2.27. The topological polar surface area (TPSA) is 121 Å². The third-order valence-corrected chi connectivity index (χ3v) is 7.04. The van der Waals surface area contributed by atoms with Gasteiger partial charge < -0.3 is 30.1 Å². The van der Waals surface area contributed by atoms with Crippen molar-refractivity contribution in [3.8, 4) is 0 Å². The molecule has 0 spiro atoms. The number of ether oxygens (including phenoxy) is 2. The van der Waals surface area contributed by atoms with E-state index in [1.165, 1.54) is 5.01 Å². The minimum absolute atomic E-state index is 0.0202. The normalized spacial score (nSPS) is 16.1. The quantitative estimate of drug-likeness (QED) is 0.146. The maximum absolute atomic E-state index is 13.3. The van der Waals surface area contributed by atoms with Crippen LogP contribution in [0.15, 0.2) is 36.4 Å². The highest BCUT2D eigenvalue weighted by Crippen LogP contribution is 2.38. The van der Waals surface area contributed by atoms with E-state index in [-0.39, 0.29) is 18.6 Å². The number of halogens is 1. The predicted octanol–water partition coefficient (Wildman–Crippen LogP) is 5.20. The Balaban J connectivity index is 1.96. The fourth-order valence-corrected chi connectivity index (χ4v) is 5.07. The molecular weight excluding hydrogens is 504 g/mol. The molecule has 2 atom stereocenters. The van der Waals surface area contributed by atoms with Gasteiger partial charge in [0.25, 0.3) is 0 Å². The number of aryl methyl sites for hydroxylation is 1. The Bertz CT molecular complexity index is 1280. The summed E-state index contributed by atoms with van der Waals surface area (Å²) in [5.41, 5.74) is 11.2. The number of nitrogen functional groups attached to an aromatic ring is 1. The third-order valence-electron chi connectivity index (χ3n) is 6.79. The number of carbonyl (C=O) groups is 1. The van der Waals surface area contributed by atoms with Crippen LogP contribution in [-0.2, 0) is 9.47 Å². The zero-order valence-corrected chi connectivity index (χ0v) is 23.4. The van der Waals surface area contributed by atoms with Crippen LogP contribution in [0.3, 0.4) is 0 Å². The number of nitrogens with one attached hydrogen (secondary N) is 1. The number of esters is 1. The van der Waals surface area contributed by atoms with Gasteiger partial charge >= 0.3 is 5.97 Å². The Kier molecular flexibility index (Phi) is 8.50. The van der Waals surface area contributed by atoms with Crippen molar-refractivity contribution in [2.75, 3.05) is 42.9 Å². The Hall–Kier alpha value is -3.27. The number of anilines is 3. The maximum Gasteiger partial charge on any atom is 0.358 e. The first kappa shape index (κ1) is 27.8. The zero-order chi connectivity index (χ0) is 27.6. The maximum atomic E-state index is 13.3. The van der Waals surface area contributed by atoms with E-state index in [0.29, 0.717) is 35.3 Å². The molecule has 0 saturated carbocycles. The second-order valence-corrected chi connectivity index (χ2v) is 10.4. The molecule has 4 rings (SSSR count). The Labute approximate surface area is 229 Å². The average molecular weight is 541 g/mol. The molecule has 38 heavy (non-hydrogen) atoms. The fraction of sp³-hybridized carbons (Fsp3) is 0.429. The van der Waals surface area contributed by atoms with E-state index >= 15 is 0 Å². The van der Waals surface area contributed by atoms with Crippen LogP contribution in [0.1, 0.15) is 78.3 Å². The molecule has 10 heteroatoms. The van der Waals surface area contributed by atoms with Crippen molar-refractivity contribution in [1.82, 2.24) is 9.55 Å². The van der Waals surface area contributed by atoms with Crippen molar-refractivity contribution in [2.24, 2.45) is 5.84 Å². The summed E-state index contributed by atoms with van der Waals surface area (Å²) in [6.07, 6.45) is 0.841. The smallest absolute Gasteiger partial charge is 0.358 e. The van der Waals surface area contributed by atoms with Gasteiger partial charge in [0.15, 0.2) is 5.69 Å². The average Bonchev–Trinajstić information content (AvgIpc) is 3.53. The third kappa shape index (κ3) is 5.60. The molecule has 204 valence electrons. The van der Waals surface area contributed by atoms with Crippen LogP contribution in [0.25, 0.3) is 0 Å². The van der Waals surface area contributed by atoms with E-state index in [2.05, 4.69) is 23.7 Å². The first-order chi connectivity index (χ1) is 18.1. The molecule has 1 saturated heterocycles. The highest BCUT2D eigenvalue weighted by Gasteiger charge is 2.35. The molecule has 0 bridgehead atoms. The molecule has 2 heterocycles. The zero-order valence-electron chi connectivity index (χ0n) is 22.6. The summed E-state index contributed by atoms with van der Waals surface area (Å²) in [5.74, 6) is 6.53. The van der Waals surface area contributed by atoms with E-state index in [4.69, 9.17) is 37.6 Å². The van der Waals surface area contributed by atoms with Crippen molar-refractivity contribution in [3.05, 3.63) is 69.8 Å². The molecule has 1 fully saturated rings. The molecule has 9 nitrogen and oxygen atoms in total. The Morgan fingerprint density at radius 3 is 2.61 bits per heavy atom. The van der Waals surface area contributed by atoms with Crippen LogP contribution >= 0.6 is 11.6 Å². The summed E-state index contributed by atoms with van der Waals surface area (Å²) in [7, 11) is 1.74. The van der Waals surface area contributed by atoms with Gasteiger partial charge in [0.2, 0.25) is 0 Å². The molecule has 0 amide bonds. The number of rotatable bonds is 9. The summed E-state index contributed by atoms with van der Waals surface area (Å²) in [5, 5.41) is 5.76. The summed E-state index contributed by atoms with van der Waals surface area (Å²) < 4.78 is 13.3. The van der Waals surface area contributed by atoms with Gasteiger partial charge in [-0.3, -0.25) is 0 Å². The van der Waals surface area contributed by atoms with Gasteiger partial charge in [-0.05, 0) is 69.5 Å².